The van der Waals surface area contributed by atoms with Crippen molar-refractivity contribution in [1.82, 2.24) is 19.9 Å². The quantitative estimate of drug-likeness (QED) is 0.181. The zero-order chi connectivity index (χ0) is 32.8. The normalized spacial score (nSPS) is 10.8. The maximum atomic E-state index is 9.53. The lowest BCUT2D eigenvalue weighted by molar-refractivity contribution is 1.24. The maximum Gasteiger partial charge on any atom is 0.116 e. The minimum Gasteiger partial charge on any atom is -0.236 e. The highest BCUT2D eigenvalue weighted by molar-refractivity contribution is 6.33. The Hall–Kier alpha value is -7.52. The molecule has 8 nitrogen and oxygen atoms in total. The number of aromatic nitrogens is 4. The van der Waals surface area contributed by atoms with Crippen molar-refractivity contribution in [3.8, 4) is 68.8 Å². The second kappa shape index (κ2) is 11.1. The van der Waals surface area contributed by atoms with Crippen LogP contribution in [0.25, 0.3) is 77.3 Å². The molecule has 2 heterocycles. The van der Waals surface area contributed by atoms with E-state index in [1.165, 1.54) is 0 Å². The molecule has 0 amide bonds. The molecule has 6 aromatic carbocycles. The molecule has 0 saturated heterocycles. The third kappa shape index (κ3) is 4.27. The van der Waals surface area contributed by atoms with E-state index in [-0.39, 0.29) is 0 Å². The topological polar surface area (TPSA) is 147 Å². The Morgan fingerprint density at radius 2 is 0.521 bits per heavy atom. The third-order valence-electron chi connectivity index (χ3n) is 8.60. The fourth-order valence-corrected chi connectivity index (χ4v) is 6.45. The predicted octanol–water partition coefficient (Wildman–Crippen LogP) is 8.32. The van der Waals surface area contributed by atoms with E-state index < -0.39 is 0 Å². The summed E-state index contributed by atoms with van der Waals surface area (Å²) >= 11 is 0. The minimum atomic E-state index is 0.530. The molecule has 0 aliphatic rings. The Morgan fingerprint density at radius 1 is 0.312 bits per heavy atom. The molecule has 0 aliphatic carbocycles. The van der Waals surface area contributed by atoms with E-state index in [9.17, 15) is 21.0 Å². The van der Waals surface area contributed by atoms with Gasteiger partial charge in [-0.25, -0.2) is 19.9 Å². The molecule has 8 rings (SSSR count). The average Bonchev–Trinajstić information content (AvgIpc) is 3.16. The number of nitrogens with zero attached hydrogens (tertiary/aromatic N) is 8. The van der Waals surface area contributed by atoms with Crippen LogP contribution in [0.4, 0.5) is 0 Å². The monoisotopic (exact) mass is 610 g/mol. The highest BCUT2D eigenvalue weighted by Crippen LogP contribution is 2.50. The molecule has 0 bridgehead atoms. The van der Waals surface area contributed by atoms with E-state index in [4.69, 9.17) is 19.9 Å². The van der Waals surface area contributed by atoms with Gasteiger partial charge in [0.15, 0.2) is 0 Å². The average molecular weight is 611 g/mol. The van der Waals surface area contributed by atoms with E-state index in [0.717, 1.165) is 55.3 Å². The van der Waals surface area contributed by atoms with Gasteiger partial charge in [-0.15, -0.1) is 0 Å². The van der Waals surface area contributed by atoms with Gasteiger partial charge in [0.2, 0.25) is 0 Å². The molecule has 0 unspecified atom stereocenters. The fraction of sp³-hybridized carbons (Fsp3) is 0. The smallest absolute Gasteiger partial charge is 0.116 e. The lowest BCUT2D eigenvalue weighted by atomic mass is 9.83. The van der Waals surface area contributed by atoms with Crippen LogP contribution >= 0.6 is 0 Å². The van der Waals surface area contributed by atoms with Crippen LogP contribution in [-0.2, 0) is 0 Å². The van der Waals surface area contributed by atoms with Crippen LogP contribution < -0.4 is 0 Å². The fourth-order valence-electron chi connectivity index (χ4n) is 6.45. The molecule has 0 N–H and O–H groups in total. The first kappa shape index (κ1) is 28.0. The van der Waals surface area contributed by atoms with Crippen LogP contribution in [0.15, 0.2) is 110 Å². The molecule has 0 fully saturated rings. The summed E-state index contributed by atoms with van der Waals surface area (Å²) in [7, 11) is 0. The zero-order valence-electron chi connectivity index (χ0n) is 25.0. The first-order chi connectivity index (χ1) is 23.6. The van der Waals surface area contributed by atoms with Crippen molar-refractivity contribution >= 4 is 32.8 Å². The molecule has 0 aliphatic heterocycles. The van der Waals surface area contributed by atoms with Crippen LogP contribution in [0, 0.1) is 45.3 Å². The Kier molecular flexibility index (Phi) is 6.49. The molecule has 8 heteroatoms. The summed E-state index contributed by atoms with van der Waals surface area (Å²) in [4.78, 5) is 19.6. The molecule has 2 aromatic heterocycles. The molecule has 218 valence electrons. The summed E-state index contributed by atoms with van der Waals surface area (Å²) in [6.07, 6.45) is 3.10. The zero-order valence-corrected chi connectivity index (χ0v) is 25.0. The second-order valence-corrected chi connectivity index (χ2v) is 11.1. The van der Waals surface area contributed by atoms with E-state index in [1.807, 2.05) is 48.5 Å². The van der Waals surface area contributed by atoms with Gasteiger partial charge >= 0.3 is 0 Å². The number of hydrogen-bond donors (Lipinski definition) is 0. The summed E-state index contributed by atoms with van der Waals surface area (Å²) in [5.41, 5.74) is 11.4. The van der Waals surface area contributed by atoms with Crippen molar-refractivity contribution in [1.29, 1.82) is 21.0 Å². The molecule has 0 spiro atoms. The number of hydrogen-bond acceptors (Lipinski definition) is 8. The van der Waals surface area contributed by atoms with Crippen LogP contribution in [0.2, 0.25) is 0 Å². The molecule has 48 heavy (non-hydrogen) atoms. The van der Waals surface area contributed by atoms with Gasteiger partial charge in [0.05, 0.1) is 68.6 Å². The first-order valence-electron chi connectivity index (χ1n) is 14.9. The van der Waals surface area contributed by atoms with E-state index in [2.05, 4.69) is 24.3 Å². The van der Waals surface area contributed by atoms with Gasteiger partial charge in [0.25, 0.3) is 0 Å². The van der Waals surface area contributed by atoms with Crippen molar-refractivity contribution in [2.45, 2.75) is 0 Å². The summed E-state index contributed by atoms with van der Waals surface area (Å²) < 4.78 is 0. The largest absolute Gasteiger partial charge is 0.236 e. The standard InChI is InChI=1S/C40H18N8/c41-17-23-1-9-27(10-2-23)31-32(28-11-3-24(18-42)4-12-28)38-36-35-37(31)45-21-47-39(35)33(29-13-5-25(19-43)6-14-29)34(40(36)48-22-46-38)30-15-7-26(20-44)8-16-30/h1-16,21-22H. The van der Waals surface area contributed by atoms with Crippen molar-refractivity contribution in [3.05, 3.63) is 132 Å². The Morgan fingerprint density at radius 3 is 0.708 bits per heavy atom. The van der Waals surface area contributed by atoms with Crippen LogP contribution in [0.5, 0.6) is 0 Å². The minimum absolute atomic E-state index is 0.530. The van der Waals surface area contributed by atoms with E-state index >= 15 is 0 Å². The molecule has 8 aromatic rings. The Balaban J connectivity index is 1.61. The Labute approximate surface area is 274 Å². The summed E-state index contributed by atoms with van der Waals surface area (Å²) in [6, 6.07) is 38.2. The first-order valence-corrected chi connectivity index (χ1v) is 14.9. The molecular weight excluding hydrogens is 592 g/mol. The molecular formula is C40H18N8. The summed E-state index contributed by atoms with van der Waals surface area (Å²) in [5.74, 6) is 0. The number of benzene rings is 6. The summed E-state index contributed by atoms with van der Waals surface area (Å²) in [6.45, 7) is 0. The van der Waals surface area contributed by atoms with Gasteiger partial charge < -0.3 is 0 Å². The van der Waals surface area contributed by atoms with Gasteiger partial charge in [-0.05, 0) is 70.8 Å². The lowest BCUT2D eigenvalue weighted by Crippen LogP contribution is -2.02. The SMILES string of the molecule is N#Cc1ccc(-c2c(-c3ccc(C#N)cc3)c3ncnc4c(-c5ccc(C#N)cc5)c(-c5ccc(C#N)cc5)c5ncnc2c5c34)cc1. The highest BCUT2D eigenvalue weighted by atomic mass is 14.9. The van der Waals surface area contributed by atoms with Crippen molar-refractivity contribution in [3.63, 3.8) is 0 Å². The molecule has 0 atom stereocenters. The lowest BCUT2D eigenvalue weighted by Gasteiger charge is -2.22. The number of nitriles is 4. The van der Waals surface area contributed by atoms with Gasteiger partial charge in [-0.3, -0.25) is 0 Å². The van der Waals surface area contributed by atoms with Crippen LogP contribution in [0.3, 0.4) is 0 Å². The third-order valence-corrected chi connectivity index (χ3v) is 8.60. The van der Waals surface area contributed by atoms with E-state index in [0.29, 0.717) is 44.3 Å². The number of rotatable bonds is 4. The highest BCUT2D eigenvalue weighted by Gasteiger charge is 2.28. The summed E-state index contributed by atoms with van der Waals surface area (Å²) in [5, 5.41) is 39.7. The van der Waals surface area contributed by atoms with Crippen LogP contribution in [0.1, 0.15) is 22.3 Å². The van der Waals surface area contributed by atoms with Gasteiger partial charge in [-0.1, -0.05) is 48.5 Å². The van der Waals surface area contributed by atoms with Crippen LogP contribution in [-0.4, -0.2) is 19.9 Å². The van der Waals surface area contributed by atoms with E-state index in [1.54, 1.807) is 61.2 Å². The maximum absolute atomic E-state index is 9.53. The van der Waals surface area contributed by atoms with Crippen molar-refractivity contribution < 1.29 is 0 Å². The second-order valence-electron chi connectivity index (χ2n) is 11.1. The van der Waals surface area contributed by atoms with Gasteiger partial charge in [-0.2, -0.15) is 21.0 Å². The predicted molar refractivity (Wildman–Crippen MR) is 182 cm³/mol. The van der Waals surface area contributed by atoms with Crippen molar-refractivity contribution in [2.75, 3.05) is 0 Å². The molecule has 0 saturated carbocycles. The Bertz CT molecular complexity index is 2350. The van der Waals surface area contributed by atoms with Gasteiger partial charge in [0, 0.05) is 33.0 Å². The van der Waals surface area contributed by atoms with Gasteiger partial charge in [0.1, 0.15) is 12.7 Å². The molecule has 0 radical (unpaired) electrons. The van der Waals surface area contributed by atoms with Crippen molar-refractivity contribution in [2.24, 2.45) is 0 Å².